The summed E-state index contributed by atoms with van der Waals surface area (Å²) < 4.78 is 0. The zero-order valence-corrected chi connectivity index (χ0v) is 14.7. The second kappa shape index (κ2) is 5.73. The minimum Gasteiger partial charge on any atom is -0.390 e. The van der Waals surface area contributed by atoms with Crippen LogP contribution in [0.1, 0.15) is 49.9 Å². The van der Waals surface area contributed by atoms with Crippen molar-refractivity contribution in [2.45, 2.75) is 51.2 Å². The topological polar surface area (TPSA) is 104 Å². The Bertz CT molecular complexity index is 795. The number of nitrogens with two attached hydrogens (primary N) is 1. The van der Waals surface area contributed by atoms with Crippen LogP contribution in [0.15, 0.2) is 18.5 Å². The SMILES string of the molecule is CC1C[C@@H]2CC(C)(O)C[C@H](C1)C2Nc1c(C(N)=O)cnc2[nH]ccc12. The number of carbonyl (C=O) groups is 1. The zero-order valence-electron chi connectivity index (χ0n) is 14.7. The second-order valence-electron chi connectivity index (χ2n) is 8.32. The van der Waals surface area contributed by atoms with Crippen LogP contribution in [0.25, 0.3) is 11.0 Å². The third kappa shape index (κ3) is 2.88. The summed E-state index contributed by atoms with van der Waals surface area (Å²) in [6, 6.07) is 2.17. The average molecular weight is 342 g/mol. The van der Waals surface area contributed by atoms with E-state index < -0.39 is 11.5 Å². The van der Waals surface area contributed by atoms with Gasteiger partial charge in [-0.15, -0.1) is 0 Å². The van der Waals surface area contributed by atoms with E-state index in [1.165, 1.54) is 0 Å². The van der Waals surface area contributed by atoms with Gasteiger partial charge in [0, 0.05) is 23.8 Å². The number of primary amides is 1. The number of amides is 1. The van der Waals surface area contributed by atoms with E-state index in [4.69, 9.17) is 5.73 Å². The Morgan fingerprint density at radius 1 is 1.40 bits per heavy atom. The molecule has 0 radical (unpaired) electrons. The van der Waals surface area contributed by atoms with Gasteiger partial charge >= 0.3 is 0 Å². The largest absolute Gasteiger partial charge is 0.390 e. The Labute approximate surface area is 147 Å². The van der Waals surface area contributed by atoms with Gasteiger partial charge in [0.15, 0.2) is 0 Å². The molecule has 2 aromatic heterocycles. The van der Waals surface area contributed by atoms with E-state index in [9.17, 15) is 9.90 Å². The van der Waals surface area contributed by atoms with E-state index in [-0.39, 0.29) is 6.04 Å². The predicted molar refractivity (Wildman–Crippen MR) is 97.3 cm³/mol. The number of aromatic nitrogens is 2. The van der Waals surface area contributed by atoms with Gasteiger partial charge in [-0.05, 0) is 56.4 Å². The minimum absolute atomic E-state index is 0.245. The molecule has 6 nitrogen and oxygen atoms in total. The van der Waals surface area contributed by atoms with Crippen molar-refractivity contribution in [1.82, 2.24) is 9.97 Å². The van der Waals surface area contributed by atoms with Gasteiger partial charge in [-0.1, -0.05) is 6.92 Å². The van der Waals surface area contributed by atoms with Crippen LogP contribution in [-0.4, -0.2) is 32.6 Å². The summed E-state index contributed by atoms with van der Waals surface area (Å²) in [5.41, 5.74) is 6.94. The van der Waals surface area contributed by atoms with Crippen molar-refractivity contribution in [3.8, 4) is 0 Å². The number of hydrogen-bond acceptors (Lipinski definition) is 4. The molecule has 2 heterocycles. The Morgan fingerprint density at radius 3 is 2.72 bits per heavy atom. The maximum atomic E-state index is 11.9. The lowest BCUT2D eigenvalue weighted by Crippen LogP contribution is -2.52. The smallest absolute Gasteiger partial charge is 0.252 e. The number of rotatable bonds is 3. The van der Waals surface area contributed by atoms with Crippen LogP contribution in [0.3, 0.4) is 0 Å². The van der Waals surface area contributed by atoms with Gasteiger partial charge < -0.3 is 21.1 Å². The van der Waals surface area contributed by atoms with E-state index >= 15 is 0 Å². The highest BCUT2D eigenvalue weighted by molar-refractivity contribution is 6.06. The average Bonchev–Trinajstić information content (AvgIpc) is 2.96. The summed E-state index contributed by atoms with van der Waals surface area (Å²) in [5.74, 6) is 0.977. The lowest BCUT2D eigenvalue weighted by Gasteiger charge is -2.50. The van der Waals surface area contributed by atoms with Gasteiger partial charge in [0.05, 0.1) is 16.9 Å². The van der Waals surface area contributed by atoms with E-state index in [2.05, 4.69) is 22.2 Å². The molecule has 134 valence electrons. The van der Waals surface area contributed by atoms with Crippen LogP contribution in [0.5, 0.6) is 0 Å². The van der Waals surface area contributed by atoms with E-state index in [1.54, 1.807) is 6.20 Å². The fourth-order valence-corrected chi connectivity index (χ4v) is 5.19. The van der Waals surface area contributed by atoms with Gasteiger partial charge in [-0.3, -0.25) is 4.79 Å². The molecule has 5 atom stereocenters. The molecule has 2 aliphatic carbocycles. The predicted octanol–water partition coefficient (Wildman–Crippen LogP) is 2.65. The van der Waals surface area contributed by atoms with Crippen LogP contribution < -0.4 is 11.1 Å². The molecule has 2 aliphatic rings. The molecule has 6 heteroatoms. The van der Waals surface area contributed by atoms with Crippen LogP contribution in [0.4, 0.5) is 5.69 Å². The number of anilines is 1. The summed E-state index contributed by atoms with van der Waals surface area (Å²) in [5, 5.41) is 15.2. The first-order valence-electron chi connectivity index (χ1n) is 9.09. The van der Waals surface area contributed by atoms with Crippen LogP contribution in [-0.2, 0) is 0 Å². The number of hydrogen-bond donors (Lipinski definition) is 4. The number of nitrogens with zero attached hydrogens (tertiary/aromatic N) is 1. The molecule has 3 unspecified atom stereocenters. The fraction of sp³-hybridized carbons (Fsp3) is 0.579. The Hall–Kier alpha value is -2.08. The normalized spacial score (nSPS) is 34.8. The fourth-order valence-electron chi connectivity index (χ4n) is 5.19. The van der Waals surface area contributed by atoms with Crippen molar-refractivity contribution in [3.63, 3.8) is 0 Å². The molecule has 2 aromatic rings. The third-order valence-corrected chi connectivity index (χ3v) is 5.99. The molecule has 0 aliphatic heterocycles. The molecule has 0 aromatic carbocycles. The molecule has 0 spiro atoms. The summed E-state index contributed by atoms with van der Waals surface area (Å²) in [6.45, 7) is 4.24. The monoisotopic (exact) mass is 342 g/mol. The first kappa shape index (κ1) is 16.4. The maximum Gasteiger partial charge on any atom is 0.252 e. The number of aliphatic hydroxyl groups is 1. The van der Waals surface area contributed by atoms with Gasteiger partial charge in [-0.2, -0.15) is 0 Å². The lowest BCUT2D eigenvalue weighted by molar-refractivity contribution is -0.0524. The molecule has 0 saturated heterocycles. The van der Waals surface area contributed by atoms with Gasteiger partial charge in [0.25, 0.3) is 5.91 Å². The Morgan fingerprint density at radius 2 is 2.08 bits per heavy atom. The molecule has 4 rings (SSSR count). The quantitative estimate of drug-likeness (QED) is 0.688. The number of H-pyrrole nitrogens is 1. The number of aromatic amines is 1. The molecule has 2 fully saturated rings. The first-order chi connectivity index (χ1) is 11.8. The summed E-state index contributed by atoms with van der Waals surface area (Å²) in [6.07, 6.45) is 7.13. The van der Waals surface area contributed by atoms with Crippen molar-refractivity contribution >= 4 is 22.6 Å². The minimum atomic E-state index is -0.595. The number of pyridine rings is 1. The van der Waals surface area contributed by atoms with Gasteiger partial charge in [0.2, 0.25) is 0 Å². The van der Waals surface area contributed by atoms with Crippen molar-refractivity contribution in [1.29, 1.82) is 0 Å². The molecule has 2 bridgehead atoms. The molecular formula is C19H26N4O2. The Balaban J connectivity index is 1.72. The van der Waals surface area contributed by atoms with Crippen molar-refractivity contribution in [2.24, 2.45) is 23.5 Å². The van der Waals surface area contributed by atoms with Crippen LogP contribution >= 0.6 is 0 Å². The van der Waals surface area contributed by atoms with E-state index in [1.807, 2.05) is 19.2 Å². The molecule has 5 N–H and O–H groups in total. The molecule has 25 heavy (non-hydrogen) atoms. The standard InChI is InChI=1S/C19H26N4O2/c1-10-5-11-7-19(2,25)8-12(6-10)15(11)23-16-13-3-4-21-18(13)22-9-14(16)17(20)24/h3-4,9-12,15,25H,5-8H2,1-2H3,(H2,20,24)(H2,21,22,23)/t10?,11-,12+,15?,19?. The van der Waals surface area contributed by atoms with Crippen LogP contribution in [0.2, 0.25) is 0 Å². The van der Waals surface area contributed by atoms with Gasteiger partial charge in [0.1, 0.15) is 5.65 Å². The first-order valence-corrected chi connectivity index (χ1v) is 9.09. The summed E-state index contributed by atoms with van der Waals surface area (Å²) in [4.78, 5) is 19.3. The van der Waals surface area contributed by atoms with Crippen molar-refractivity contribution in [3.05, 3.63) is 24.0 Å². The third-order valence-electron chi connectivity index (χ3n) is 5.99. The second-order valence-corrected chi connectivity index (χ2v) is 8.32. The highest BCUT2D eigenvalue weighted by atomic mass is 16.3. The summed E-state index contributed by atoms with van der Waals surface area (Å²) >= 11 is 0. The highest BCUT2D eigenvalue weighted by Crippen LogP contribution is 2.48. The maximum absolute atomic E-state index is 11.9. The summed E-state index contributed by atoms with van der Waals surface area (Å²) in [7, 11) is 0. The van der Waals surface area contributed by atoms with Gasteiger partial charge in [-0.25, -0.2) is 4.98 Å². The zero-order chi connectivity index (χ0) is 17.8. The molecule has 2 saturated carbocycles. The van der Waals surface area contributed by atoms with E-state index in [0.717, 1.165) is 42.4 Å². The van der Waals surface area contributed by atoms with Crippen LogP contribution in [0, 0.1) is 17.8 Å². The highest BCUT2D eigenvalue weighted by Gasteiger charge is 2.46. The lowest BCUT2D eigenvalue weighted by atomic mass is 9.61. The number of nitrogens with one attached hydrogen (secondary N) is 2. The number of carbonyl (C=O) groups excluding carboxylic acids is 1. The molecule has 1 amide bonds. The van der Waals surface area contributed by atoms with E-state index in [0.29, 0.717) is 23.3 Å². The molecular weight excluding hydrogens is 316 g/mol. The number of fused-ring (bicyclic) bond motifs is 3. The van der Waals surface area contributed by atoms with Crippen molar-refractivity contribution in [2.75, 3.05) is 5.32 Å². The Kier molecular flexibility index (Phi) is 3.76. The van der Waals surface area contributed by atoms with Crippen molar-refractivity contribution < 1.29 is 9.90 Å².